The minimum Gasteiger partial charge on any atom is -0.481 e. The summed E-state index contributed by atoms with van der Waals surface area (Å²) in [6, 6.07) is 0. The van der Waals surface area contributed by atoms with Gasteiger partial charge in [-0.1, -0.05) is 19.8 Å². The summed E-state index contributed by atoms with van der Waals surface area (Å²) in [6.45, 7) is 3.58. The fourth-order valence-electron chi connectivity index (χ4n) is 3.00. The second kappa shape index (κ2) is 3.23. The van der Waals surface area contributed by atoms with Gasteiger partial charge in [-0.2, -0.15) is 0 Å². The van der Waals surface area contributed by atoms with Crippen LogP contribution in [0.5, 0.6) is 0 Å². The quantitative estimate of drug-likeness (QED) is 0.723. The summed E-state index contributed by atoms with van der Waals surface area (Å²) < 4.78 is 0. The Morgan fingerprint density at radius 1 is 1.36 bits per heavy atom. The monoisotopic (exact) mass is 197 g/mol. The second-order valence-electron chi connectivity index (χ2n) is 5.38. The van der Waals surface area contributed by atoms with E-state index in [9.17, 15) is 9.90 Å². The summed E-state index contributed by atoms with van der Waals surface area (Å²) in [5, 5.41) is 12.3. The summed E-state index contributed by atoms with van der Waals surface area (Å²) in [5.74, 6) is -0.607. The van der Waals surface area contributed by atoms with Gasteiger partial charge in [-0.25, -0.2) is 0 Å². The first-order valence-corrected chi connectivity index (χ1v) is 5.51. The molecule has 0 spiro atoms. The highest BCUT2D eigenvalue weighted by molar-refractivity contribution is 5.76. The lowest BCUT2D eigenvalue weighted by molar-refractivity contribution is -0.154. The third-order valence-electron chi connectivity index (χ3n) is 3.96. The average molecular weight is 197 g/mol. The van der Waals surface area contributed by atoms with Crippen LogP contribution in [-0.4, -0.2) is 24.2 Å². The van der Waals surface area contributed by atoms with Crippen molar-refractivity contribution in [1.29, 1.82) is 0 Å². The van der Waals surface area contributed by atoms with Crippen molar-refractivity contribution >= 4 is 5.97 Å². The summed E-state index contributed by atoms with van der Waals surface area (Å²) in [4.78, 5) is 11.2. The van der Waals surface area contributed by atoms with Crippen LogP contribution in [0.3, 0.4) is 0 Å². The van der Waals surface area contributed by atoms with Crippen LogP contribution in [0.25, 0.3) is 0 Å². The van der Waals surface area contributed by atoms with Crippen molar-refractivity contribution in [3.63, 3.8) is 0 Å². The van der Waals surface area contributed by atoms with E-state index in [1.165, 1.54) is 25.7 Å². The molecule has 14 heavy (non-hydrogen) atoms. The molecular weight excluding hydrogens is 178 g/mol. The molecule has 2 aliphatic rings. The molecule has 0 radical (unpaired) electrons. The van der Waals surface area contributed by atoms with Gasteiger partial charge < -0.3 is 10.4 Å². The molecule has 0 aromatic rings. The van der Waals surface area contributed by atoms with Gasteiger partial charge >= 0.3 is 5.97 Å². The number of carboxylic acids is 1. The molecule has 2 N–H and O–H groups in total. The zero-order chi connectivity index (χ0) is 10.2. The molecule has 0 atom stereocenters. The Labute approximate surface area is 84.9 Å². The van der Waals surface area contributed by atoms with Crippen LogP contribution in [0, 0.1) is 10.8 Å². The molecule has 1 heterocycles. The molecule has 1 aliphatic heterocycles. The molecule has 0 bridgehead atoms. The second-order valence-corrected chi connectivity index (χ2v) is 5.38. The first-order valence-electron chi connectivity index (χ1n) is 5.51. The minimum atomic E-state index is -0.607. The van der Waals surface area contributed by atoms with E-state index in [-0.39, 0.29) is 0 Å². The molecule has 0 aromatic carbocycles. The van der Waals surface area contributed by atoms with Crippen molar-refractivity contribution in [2.45, 2.75) is 39.0 Å². The summed E-state index contributed by atoms with van der Waals surface area (Å²) >= 11 is 0. The summed E-state index contributed by atoms with van der Waals surface area (Å²) in [5.41, 5.74) is -0.153. The Hall–Kier alpha value is -0.570. The van der Waals surface area contributed by atoms with Crippen molar-refractivity contribution < 1.29 is 9.90 Å². The molecule has 80 valence electrons. The Bertz CT molecular complexity index is 240. The molecule has 2 fully saturated rings. The van der Waals surface area contributed by atoms with Gasteiger partial charge in [-0.05, 0) is 24.7 Å². The van der Waals surface area contributed by atoms with Gasteiger partial charge in [0.15, 0.2) is 0 Å². The van der Waals surface area contributed by atoms with Gasteiger partial charge in [0.05, 0.1) is 5.41 Å². The zero-order valence-corrected chi connectivity index (χ0v) is 8.81. The van der Waals surface area contributed by atoms with Crippen molar-refractivity contribution in [3.8, 4) is 0 Å². The Morgan fingerprint density at radius 3 is 2.29 bits per heavy atom. The van der Waals surface area contributed by atoms with Crippen molar-refractivity contribution in [3.05, 3.63) is 0 Å². The van der Waals surface area contributed by atoms with Crippen LogP contribution in [0.4, 0.5) is 0 Å². The first-order chi connectivity index (χ1) is 6.56. The van der Waals surface area contributed by atoms with Gasteiger partial charge in [0, 0.05) is 13.1 Å². The molecular formula is C11H19NO2. The Kier molecular flexibility index (Phi) is 2.30. The largest absolute Gasteiger partial charge is 0.481 e. The highest BCUT2D eigenvalue weighted by Gasteiger charge is 2.49. The highest BCUT2D eigenvalue weighted by atomic mass is 16.4. The van der Waals surface area contributed by atoms with E-state index in [1.807, 2.05) is 0 Å². The lowest BCUT2D eigenvalue weighted by atomic mass is 9.68. The number of hydrogen-bond donors (Lipinski definition) is 2. The van der Waals surface area contributed by atoms with Crippen LogP contribution in [-0.2, 0) is 4.79 Å². The topological polar surface area (TPSA) is 49.3 Å². The smallest absolute Gasteiger partial charge is 0.312 e. The van der Waals surface area contributed by atoms with Gasteiger partial charge in [0.1, 0.15) is 0 Å². The number of hydrogen-bond acceptors (Lipinski definition) is 2. The predicted molar refractivity (Wildman–Crippen MR) is 54.1 cm³/mol. The van der Waals surface area contributed by atoms with Gasteiger partial charge in [0.25, 0.3) is 0 Å². The predicted octanol–water partition coefficient (Wildman–Crippen LogP) is 1.63. The molecule has 2 rings (SSSR count). The third-order valence-corrected chi connectivity index (χ3v) is 3.96. The van der Waals surface area contributed by atoms with Gasteiger partial charge in [0.2, 0.25) is 0 Å². The fourth-order valence-corrected chi connectivity index (χ4v) is 3.00. The van der Waals surface area contributed by atoms with Crippen LogP contribution in [0.1, 0.15) is 39.0 Å². The number of carbonyl (C=O) groups is 1. The number of aliphatic carboxylic acids is 1. The molecule has 1 aliphatic carbocycles. The van der Waals surface area contributed by atoms with Crippen molar-refractivity contribution in [2.24, 2.45) is 10.8 Å². The van der Waals surface area contributed by atoms with E-state index < -0.39 is 11.4 Å². The first kappa shape index (κ1) is 9.97. The number of rotatable bonds is 3. The highest BCUT2D eigenvalue weighted by Crippen LogP contribution is 2.47. The van der Waals surface area contributed by atoms with Crippen molar-refractivity contribution in [1.82, 2.24) is 5.32 Å². The lowest BCUT2D eigenvalue weighted by Crippen LogP contribution is -2.59. The lowest BCUT2D eigenvalue weighted by Gasteiger charge is -2.43. The molecule has 0 aromatic heterocycles. The van der Waals surface area contributed by atoms with E-state index >= 15 is 0 Å². The average Bonchev–Trinajstić information content (AvgIpc) is 2.45. The SMILES string of the molecule is CC1(CC2(C(=O)O)CNC2)CCCC1. The molecule has 0 unspecified atom stereocenters. The van der Waals surface area contributed by atoms with Crippen LogP contribution in [0.2, 0.25) is 0 Å². The van der Waals surface area contributed by atoms with Gasteiger partial charge in [-0.3, -0.25) is 4.79 Å². The molecule has 1 saturated heterocycles. The maximum absolute atomic E-state index is 11.2. The van der Waals surface area contributed by atoms with E-state index in [4.69, 9.17) is 0 Å². The Morgan fingerprint density at radius 2 is 1.93 bits per heavy atom. The van der Waals surface area contributed by atoms with Crippen LogP contribution >= 0.6 is 0 Å². The van der Waals surface area contributed by atoms with E-state index in [2.05, 4.69) is 12.2 Å². The summed E-state index contributed by atoms with van der Waals surface area (Å²) in [7, 11) is 0. The van der Waals surface area contributed by atoms with Crippen LogP contribution in [0.15, 0.2) is 0 Å². The molecule has 1 saturated carbocycles. The standard InChI is InChI=1S/C11H19NO2/c1-10(4-2-3-5-10)6-11(9(13)14)7-12-8-11/h12H,2-8H2,1H3,(H,13,14). The maximum Gasteiger partial charge on any atom is 0.312 e. The van der Waals surface area contributed by atoms with E-state index in [0.717, 1.165) is 6.42 Å². The fraction of sp³-hybridized carbons (Fsp3) is 0.909. The van der Waals surface area contributed by atoms with Gasteiger partial charge in [-0.15, -0.1) is 0 Å². The maximum atomic E-state index is 11.2. The number of nitrogens with one attached hydrogen (secondary N) is 1. The van der Waals surface area contributed by atoms with E-state index in [0.29, 0.717) is 18.5 Å². The molecule has 3 heteroatoms. The molecule has 3 nitrogen and oxygen atoms in total. The van der Waals surface area contributed by atoms with E-state index in [1.54, 1.807) is 0 Å². The molecule has 0 amide bonds. The summed E-state index contributed by atoms with van der Waals surface area (Å²) in [6.07, 6.45) is 5.84. The third kappa shape index (κ3) is 1.54. The zero-order valence-electron chi connectivity index (χ0n) is 8.81. The Balaban J connectivity index is 2.04. The van der Waals surface area contributed by atoms with Crippen molar-refractivity contribution in [2.75, 3.05) is 13.1 Å². The normalized spacial score (nSPS) is 28.4. The number of carboxylic acid groups (broad SMARTS) is 1. The van der Waals surface area contributed by atoms with Crippen LogP contribution < -0.4 is 5.32 Å². The minimum absolute atomic E-state index is 0.292.